The summed E-state index contributed by atoms with van der Waals surface area (Å²) in [6, 6.07) is 0. The van der Waals surface area contributed by atoms with Gasteiger partial charge in [0, 0.05) is 26.4 Å². The Balaban J connectivity index is 1.91. The molecule has 2 aliphatic rings. The van der Waals surface area contributed by atoms with E-state index >= 15 is 0 Å². The molecule has 19 heavy (non-hydrogen) atoms. The molecule has 2 fully saturated rings. The molecule has 1 aliphatic carbocycles. The van der Waals surface area contributed by atoms with Crippen LogP contribution in [0, 0.1) is 0 Å². The van der Waals surface area contributed by atoms with Gasteiger partial charge in [-0.15, -0.1) is 0 Å². The second-order valence-electron chi connectivity index (χ2n) is 5.03. The lowest BCUT2D eigenvalue weighted by Crippen LogP contribution is -2.50. The van der Waals surface area contributed by atoms with Crippen molar-refractivity contribution in [3.63, 3.8) is 0 Å². The first-order chi connectivity index (χ1) is 8.83. The first-order valence-corrected chi connectivity index (χ1v) is 7.88. The van der Waals surface area contributed by atoms with Gasteiger partial charge >= 0.3 is 5.97 Å². The smallest absolute Gasteiger partial charge is 0.303 e. The molecule has 1 aliphatic heterocycles. The van der Waals surface area contributed by atoms with Crippen LogP contribution in [-0.4, -0.2) is 55.6 Å². The molecule has 7 nitrogen and oxygen atoms in total. The maximum Gasteiger partial charge on any atom is 0.303 e. The van der Waals surface area contributed by atoms with Crippen molar-refractivity contribution < 1.29 is 22.7 Å². The predicted octanol–water partition coefficient (Wildman–Crippen LogP) is -0.766. The average Bonchev–Trinajstić information content (AvgIpc) is 3.06. The zero-order valence-electron chi connectivity index (χ0n) is 10.8. The predicted molar refractivity (Wildman–Crippen MR) is 66.7 cm³/mol. The number of esters is 1. The van der Waals surface area contributed by atoms with Gasteiger partial charge in [-0.3, -0.25) is 9.59 Å². The summed E-state index contributed by atoms with van der Waals surface area (Å²) in [5.41, 5.74) is -0.586. The maximum absolute atomic E-state index is 12.1. The number of hydrogen-bond acceptors (Lipinski definition) is 5. The molecule has 0 aromatic carbocycles. The van der Waals surface area contributed by atoms with E-state index in [2.05, 4.69) is 5.32 Å². The van der Waals surface area contributed by atoms with Gasteiger partial charge in [0.2, 0.25) is 15.9 Å². The molecule has 0 atom stereocenters. The standard InChI is InChI=1S/C11H18N2O5S/c1-9(14)18-11(2-3-11)4-7-19(16,17)13-6-5-12-10(15)8-13/h2-8H2,1H3,(H,12,15). The summed E-state index contributed by atoms with van der Waals surface area (Å²) in [6.45, 7) is 1.84. The van der Waals surface area contributed by atoms with E-state index in [1.54, 1.807) is 0 Å². The third kappa shape index (κ3) is 3.66. The number of nitrogens with zero attached hydrogens (tertiary/aromatic N) is 1. The molecular weight excluding hydrogens is 272 g/mol. The number of piperazine rings is 1. The Bertz CT molecular complexity index is 483. The van der Waals surface area contributed by atoms with Crippen molar-refractivity contribution in [1.82, 2.24) is 9.62 Å². The van der Waals surface area contributed by atoms with Gasteiger partial charge in [-0.2, -0.15) is 4.31 Å². The molecule has 0 bridgehead atoms. The molecule has 2 rings (SSSR count). The molecule has 0 spiro atoms. The van der Waals surface area contributed by atoms with Crippen LogP contribution in [-0.2, 0) is 24.3 Å². The number of rotatable bonds is 5. The van der Waals surface area contributed by atoms with Gasteiger partial charge in [-0.05, 0) is 12.8 Å². The van der Waals surface area contributed by atoms with Crippen LogP contribution in [0.15, 0.2) is 0 Å². The van der Waals surface area contributed by atoms with E-state index in [0.29, 0.717) is 32.4 Å². The molecular formula is C11H18N2O5S. The number of ether oxygens (including phenoxy) is 1. The van der Waals surface area contributed by atoms with Gasteiger partial charge in [0.25, 0.3) is 0 Å². The first-order valence-electron chi connectivity index (χ1n) is 6.27. The van der Waals surface area contributed by atoms with Crippen LogP contribution < -0.4 is 5.32 Å². The minimum absolute atomic E-state index is 0.0897. The van der Waals surface area contributed by atoms with Crippen molar-refractivity contribution in [3.05, 3.63) is 0 Å². The Kier molecular flexibility index (Phi) is 3.82. The fraction of sp³-hybridized carbons (Fsp3) is 0.818. The molecule has 0 radical (unpaired) electrons. The minimum atomic E-state index is -3.46. The van der Waals surface area contributed by atoms with Crippen molar-refractivity contribution in [3.8, 4) is 0 Å². The van der Waals surface area contributed by atoms with Crippen molar-refractivity contribution in [1.29, 1.82) is 0 Å². The maximum atomic E-state index is 12.1. The van der Waals surface area contributed by atoms with E-state index in [4.69, 9.17) is 4.74 Å². The van der Waals surface area contributed by atoms with Crippen LogP contribution in [0.4, 0.5) is 0 Å². The number of carbonyl (C=O) groups is 2. The van der Waals surface area contributed by atoms with Gasteiger partial charge in [0.05, 0.1) is 12.3 Å². The van der Waals surface area contributed by atoms with Crippen molar-refractivity contribution in [2.75, 3.05) is 25.4 Å². The third-order valence-electron chi connectivity index (χ3n) is 3.38. The van der Waals surface area contributed by atoms with E-state index in [1.807, 2.05) is 0 Å². The summed E-state index contributed by atoms with van der Waals surface area (Å²) in [6.07, 6.45) is 1.72. The van der Waals surface area contributed by atoms with Crippen molar-refractivity contribution in [2.24, 2.45) is 0 Å². The first kappa shape index (κ1) is 14.3. The summed E-state index contributed by atoms with van der Waals surface area (Å²) >= 11 is 0. The Morgan fingerprint density at radius 3 is 2.68 bits per heavy atom. The lowest BCUT2D eigenvalue weighted by atomic mass is 10.2. The van der Waals surface area contributed by atoms with Crippen LogP contribution in [0.1, 0.15) is 26.2 Å². The fourth-order valence-electron chi connectivity index (χ4n) is 2.14. The van der Waals surface area contributed by atoms with Crippen LogP contribution in [0.25, 0.3) is 0 Å². The molecule has 108 valence electrons. The van der Waals surface area contributed by atoms with Crippen LogP contribution in [0.2, 0.25) is 0 Å². The average molecular weight is 290 g/mol. The fourth-order valence-corrected chi connectivity index (χ4v) is 3.72. The second-order valence-corrected chi connectivity index (χ2v) is 7.11. The highest BCUT2D eigenvalue weighted by atomic mass is 32.2. The highest BCUT2D eigenvalue weighted by Gasteiger charge is 2.47. The Labute approximate surface area is 112 Å². The van der Waals surface area contributed by atoms with Gasteiger partial charge in [-0.25, -0.2) is 8.42 Å². The van der Waals surface area contributed by atoms with Gasteiger partial charge < -0.3 is 10.1 Å². The van der Waals surface area contributed by atoms with Gasteiger partial charge in [-0.1, -0.05) is 0 Å². The van der Waals surface area contributed by atoms with Crippen molar-refractivity contribution >= 4 is 21.9 Å². The quantitative estimate of drug-likeness (QED) is 0.671. The van der Waals surface area contributed by atoms with Crippen LogP contribution >= 0.6 is 0 Å². The number of sulfonamides is 1. The lowest BCUT2D eigenvalue weighted by molar-refractivity contribution is -0.148. The van der Waals surface area contributed by atoms with Crippen molar-refractivity contribution in [2.45, 2.75) is 31.8 Å². The minimum Gasteiger partial charge on any atom is -0.459 e. The molecule has 0 aromatic heterocycles. The van der Waals surface area contributed by atoms with Crippen LogP contribution in [0.3, 0.4) is 0 Å². The molecule has 1 saturated heterocycles. The zero-order chi connectivity index (χ0) is 14.1. The molecule has 1 saturated carbocycles. The summed E-state index contributed by atoms with van der Waals surface area (Å²) in [5, 5.41) is 2.58. The second kappa shape index (κ2) is 5.09. The summed E-state index contributed by atoms with van der Waals surface area (Å²) in [7, 11) is -3.46. The van der Waals surface area contributed by atoms with E-state index < -0.39 is 15.6 Å². The lowest BCUT2D eigenvalue weighted by Gasteiger charge is -2.26. The van der Waals surface area contributed by atoms with Crippen LogP contribution in [0.5, 0.6) is 0 Å². The molecule has 1 N–H and O–H groups in total. The summed E-state index contributed by atoms with van der Waals surface area (Å²) in [4.78, 5) is 22.1. The number of nitrogens with one attached hydrogen (secondary N) is 1. The van der Waals surface area contributed by atoms with Gasteiger partial charge in [0.15, 0.2) is 0 Å². The van der Waals surface area contributed by atoms with E-state index in [1.165, 1.54) is 11.2 Å². The zero-order valence-corrected chi connectivity index (χ0v) is 11.7. The Hall–Kier alpha value is -1.15. The monoisotopic (exact) mass is 290 g/mol. The van der Waals surface area contributed by atoms with Gasteiger partial charge in [0.1, 0.15) is 5.60 Å². The SMILES string of the molecule is CC(=O)OC1(CCS(=O)(=O)N2CCNC(=O)C2)CC1. The van der Waals surface area contributed by atoms with E-state index in [9.17, 15) is 18.0 Å². The number of hydrogen-bond donors (Lipinski definition) is 1. The van der Waals surface area contributed by atoms with E-state index in [0.717, 1.165) is 0 Å². The molecule has 1 heterocycles. The number of amides is 1. The number of carbonyl (C=O) groups excluding carboxylic acids is 2. The van der Waals surface area contributed by atoms with E-state index in [-0.39, 0.29) is 24.2 Å². The highest BCUT2D eigenvalue weighted by Crippen LogP contribution is 2.43. The summed E-state index contributed by atoms with van der Waals surface area (Å²) < 4.78 is 30.5. The normalized spacial score (nSPS) is 22.7. The third-order valence-corrected chi connectivity index (χ3v) is 5.20. The Morgan fingerprint density at radius 1 is 1.47 bits per heavy atom. The molecule has 0 aromatic rings. The topological polar surface area (TPSA) is 92.8 Å². The molecule has 0 unspecified atom stereocenters. The molecule has 8 heteroatoms. The largest absolute Gasteiger partial charge is 0.459 e. The molecule has 1 amide bonds. The highest BCUT2D eigenvalue weighted by molar-refractivity contribution is 7.89. The Morgan fingerprint density at radius 2 is 2.16 bits per heavy atom. The summed E-state index contributed by atoms with van der Waals surface area (Å²) in [5.74, 6) is -0.753.